The van der Waals surface area contributed by atoms with Crippen molar-refractivity contribution in [2.75, 3.05) is 5.32 Å². The number of phenolic OH excluding ortho intramolecular Hbond substituents is 1. The molecule has 0 bridgehead atoms. The van der Waals surface area contributed by atoms with Gasteiger partial charge in [-0.2, -0.15) is 0 Å². The molecule has 166 valence electrons. The first kappa shape index (κ1) is 20.7. The highest BCUT2D eigenvalue weighted by Crippen LogP contribution is 2.54. The van der Waals surface area contributed by atoms with Crippen LogP contribution in [-0.4, -0.2) is 39.3 Å². The van der Waals surface area contributed by atoms with Gasteiger partial charge < -0.3 is 10.4 Å². The van der Waals surface area contributed by atoms with Gasteiger partial charge in [-0.25, -0.2) is 0 Å². The van der Waals surface area contributed by atoms with Gasteiger partial charge in [0, 0.05) is 22.8 Å². The van der Waals surface area contributed by atoms with Crippen molar-refractivity contribution < 1.29 is 19.5 Å². The van der Waals surface area contributed by atoms with Gasteiger partial charge in [0.15, 0.2) is 0 Å². The van der Waals surface area contributed by atoms with E-state index in [0.717, 1.165) is 16.7 Å². The molecule has 3 heterocycles. The molecule has 0 radical (unpaired) electrons. The lowest BCUT2D eigenvalue weighted by Gasteiger charge is -2.34. The number of hydrogen-bond acceptors (Lipinski definition) is 5. The maximum Gasteiger partial charge on any atom is 0.250 e. The number of carbonyl (C=O) groups excluding carboxylic acids is 3. The van der Waals surface area contributed by atoms with E-state index < -0.39 is 29.0 Å². The normalized spacial score (nSPS) is 28.9. The molecule has 1 spiro atoms. The Balaban J connectivity index is 1.66. The second kappa shape index (κ2) is 6.65. The van der Waals surface area contributed by atoms with Gasteiger partial charge in [-0.1, -0.05) is 29.8 Å². The number of nitrogens with zero attached hydrogens (tertiary/aromatic N) is 1. The average Bonchev–Trinajstić information content (AvgIpc) is 3.28. The second-order valence-corrected chi connectivity index (χ2v) is 10.1. The van der Waals surface area contributed by atoms with Gasteiger partial charge in [0.1, 0.15) is 11.3 Å². The summed E-state index contributed by atoms with van der Waals surface area (Å²) >= 11 is 0. The quantitative estimate of drug-likeness (QED) is 0.632. The van der Waals surface area contributed by atoms with Crippen LogP contribution in [0.5, 0.6) is 5.75 Å². The Hall–Kier alpha value is -3.19. The smallest absolute Gasteiger partial charge is 0.250 e. The summed E-state index contributed by atoms with van der Waals surface area (Å²) < 4.78 is 0. The third-order valence-electron chi connectivity index (χ3n) is 6.93. The van der Waals surface area contributed by atoms with Gasteiger partial charge in [0.25, 0.3) is 0 Å². The molecule has 0 aliphatic carbocycles. The van der Waals surface area contributed by atoms with Crippen molar-refractivity contribution in [3.8, 4) is 5.75 Å². The second-order valence-electron chi connectivity index (χ2n) is 10.1. The number of benzene rings is 2. The molecular weight excluding hydrogens is 406 g/mol. The summed E-state index contributed by atoms with van der Waals surface area (Å²) in [4.78, 5) is 42.2. The average molecular weight is 434 g/mol. The van der Waals surface area contributed by atoms with Gasteiger partial charge in [-0.05, 0) is 57.9 Å². The molecule has 3 aliphatic heterocycles. The SMILES string of the molecule is Cc1ccc2c(c1)[C@]1(N[C@H](Cc3ccc(O)cc3)[C@H]3C(=O)N(C(C)(C)C)C(=O)[C@H]31)C(=O)N2. The van der Waals surface area contributed by atoms with Gasteiger partial charge >= 0.3 is 0 Å². The van der Waals surface area contributed by atoms with Crippen LogP contribution in [0.2, 0.25) is 0 Å². The number of aryl methyl sites for hydroxylation is 1. The van der Waals surface area contributed by atoms with Gasteiger partial charge in [-0.3, -0.25) is 24.6 Å². The Labute approximate surface area is 186 Å². The van der Waals surface area contributed by atoms with Crippen LogP contribution in [0.3, 0.4) is 0 Å². The summed E-state index contributed by atoms with van der Waals surface area (Å²) in [5.41, 5.74) is 1.31. The molecule has 2 fully saturated rings. The van der Waals surface area contributed by atoms with E-state index in [-0.39, 0.29) is 23.5 Å². The number of likely N-dealkylation sites (tertiary alicyclic amines) is 1. The van der Waals surface area contributed by atoms with Gasteiger partial charge in [0.2, 0.25) is 17.7 Å². The maximum absolute atomic E-state index is 13.7. The highest BCUT2D eigenvalue weighted by atomic mass is 16.3. The molecule has 2 aromatic rings. The predicted molar refractivity (Wildman–Crippen MR) is 119 cm³/mol. The largest absolute Gasteiger partial charge is 0.508 e. The van der Waals surface area contributed by atoms with Crippen LogP contribution in [0.1, 0.15) is 37.5 Å². The summed E-state index contributed by atoms with van der Waals surface area (Å²) in [5.74, 6) is -2.16. The Kier molecular flexibility index (Phi) is 4.30. The summed E-state index contributed by atoms with van der Waals surface area (Å²) in [7, 11) is 0. The molecule has 32 heavy (non-hydrogen) atoms. The van der Waals surface area contributed by atoms with Crippen molar-refractivity contribution in [3.63, 3.8) is 0 Å². The van der Waals surface area contributed by atoms with Crippen molar-refractivity contribution in [2.45, 2.75) is 51.2 Å². The number of amides is 3. The summed E-state index contributed by atoms with van der Waals surface area (Å²) in [6.45, 7) is 7.46. The van der Waals surface area contributed by atoms with Crippen molar-refractivity contribution in [3.05, 3.63) is 59.2 Å². The van der Waals surface area contributed by atoms with E-state index in [4.69, 9.17) is 0 Å². The standard InChI is InChI=1S/C25H27N3O4/c1-13-5-10-17-16(11-13)25(23(32)26-17)20-19(21(30)28(22(20)31)24(2,3)4)18(27-25)12-14-6-8-15(29)9-7-14/h5-11,18-20,27,29H,12H2,1-4H3,(H,26,32)/t18-,19-,20+,25-/m1/s1. The summed E-state index contributed by atoms with van der Waals surface area (Å²) in [6.07, 6.45) is 0.453. The van der Waals surface area contributed by atoms with Crippen LogP contribution in [0.4, 0.5) is 5.69 Å². The maximum atomic E-state index is 13.7. The van der Waals surface area contributed by atoms with E-state index in [1.165, 1.54) is 4.90 Å². The number of carbonyl (C=O) groups is 3. The lowest BCUT2D eigenvalue weighted by molar-refractivity contribution is -0.147. The van der Waals surface area contributed by atoms with Crippen molar-refractivity contribution in [1.82, 2.24) is 10.2 Å². The molecule has 3 amide bonds. The van der Waals surface area contributed by atoms with Crippen LogP contribution in [0.25, 0.3) is 0 Å². The topological polar surface area (TPSA) is 98.7 Å². The number of anilines is 1. The zero-order valence-electron chi connectivity index (χ0n) is 18.6. The number of fused-ring (bicyclic) bond motifs is 4. The van der Waals surface area contributed by atoms with E-state index in [2.05, 4.69) is 10.6 Å². The molecule has 7 heteroatoms. The van der Waals surface area contributed by atoms with Crippen LogP contribution in [-0.2, 0) is 26.3 Å². The summed E-state index contributed by atoms with van der Waals surface area (Å²) in [5, 5.41) is 16.0. The van der Waals surface area contributed by atoms with E-state index in [9.17, 15) is 19.5 Å². The number of hydrogen-bond donors (Lipinski definition) is 3. The minimum Gasteiger partial charge on any atom is -0.508 e. The van der Waals surface area contributed by atoms with Crippen molar-refractivity contribution in [2.24, 2.45) is 11.8 Å². The Bertz CT molecular complexity index is 1150. The van der Waals surface area contributed by atoms with E-state index >= 15 is 0 Å². The fraction of sp³-hybridized carbons (Fsp3) is 0.400. The Morgan fingerprint density at radius 3 is 2.38 bits per heavy atom. The van der Waals surface area contributed by atoms with Crippen LogP contribution >= 0.6 is 0 Å². The van der Waals surface area contributed by atoms with Gasteiger partial charge in [-0.15, -0.1) is 0 Å². The number of phenols is 1. The van der Waals surface area contributed by atoms with E-state index in [1.54, 1.807) is 24.3 Å². The molecule has 0 aromatic heterocycles. The molecule has 0 unspecified atom stereocenters. The first-order chi connectivity index (χ1) is 15.0. The number of imide groups is 1. The molecule has 4 atom stereocenters. The van der Waals surface area contributed by atoms with Crippen LogP contribution in [0.15, 0.2) is 42.5 Å². The number of aromatic hydroxyl groups is 1. The lowest BCUT2D eigenvalue weighted by atomic mass is 9.76. The fourth-order valence-corrected chi connectivity index (χ4v) is 5.64. The van der Waals surface area contributed by atoms with Crippen LogP contribution in [0, 0.1) is 18.8 Å². The fourth-order valence-electron chi connectivity index (χ4n) is 5.64. The summed E-state index contributed by atoms with van der Waals surface area (Å²) in [6, 6.07) is 12.1. The Morgan fingerprint density at radius 2 is 1.72 bits per heavy atom. The zero-order valence-corrected chi connectivity index (χ0v) is 18.6. The molecular formula is C25H27N3O4. The first-order valence-corrected chi connectivity index (χ1v) is 10.9. The number of rotatable bonds is 2. The molecule has 7 nitrogen and oxygen atoms in total. The van der Waals surface area contributed by atoms with Crippen molar-refractivity contribution in [1.29, 1.82) is 0 Å². The zero-order chi connectivity index (χ0) is 23.0. The van der Waals surface area contributed by atoms with E-state index in [1.807, 2.05) is 45.9 Å². The molecule has 5 rings (SSSR count). The molecule has 3 aliphatic rings. The Morgan fingerprint density at radius 1 is 1.03 bits per heavy atom. The third-order valence-corrected chi connectivity index (χ3v) is 6.93. The highest BCUT2D eigenvalue weighted by molar-refractivity contribution is 6.15. The molecule has 2 aromatic carbocycles. The van der Waals surface area contributed by atoms with Crippen LogP contribution < -0.4 is 10.6 Å². The predicted octanol–water partition coefficient (Wildman–Crippen LogP) is 2.46. The molecule has 0 saturated carbocycles. The number of nitrogens with one attached hydrogen (secondary N) is 2. The van der Waals surface area contributed by atoms with E-state index in [0.29, 0.717) is 12.1 Å². The minimum absolute atomic E-state index is 0.160. The lowest BCUT2D eigenvalue weighted by Crippen LogP contribution is -2.56. The molecule has 3 N–H and O–H groups in total. The first-order valence-electron chi connectivity index (χ1n) is 10.9. The molecule has 2 saturated heterocycles. The third kappa shape index (κ3) is 2.73. The monoisotopic (exact) mass is 433 g/mol. The highest BCUT2D eigenvalue weighted by Gasteiger charge is 2.71. The minimum atomic E-state index is -1.29. The van der Waals surface area contributed by atoms with Crippen molar-refractivity contribution >= 4 is 23.4 Å². The van der Waals surface area contributed by atoms with Gasteiger partial charge in [0.05, 0.1) is 11.8 Å².